The Morgan fingerprint density at radius 3 is 2.88 bits per heavy atom. The summed E-state index contributed by atoms with van der Waals surface area (Å²) < 4.78 is 5.90. The highest BCUT2D eigenvalue weighted by Gasteiger charge is 2.28. The van der Waals surface area contributed by atoms with Crippen LogP contribution < -0.4 is 10.2 Å². The van der Waals surface area contributed by atoms with Crippen molar-refractivity contribution >= 4 is 11.7 Å². The van der Waals surface area contributed by atoms with E-state index in [1.165, 1.54) is 12.8 Å². The molecule has 0 bridgehead atoms. The highest BCUT2D eigenvalue weighted by Crippen LogP contribution is 2.32. The summed E-state index contributed by atoms with van der Waals surface area (Å²) >= 11 is 0. The van der Waals surface area contributed by atoms with Crippen molar-refractivity contribution in [3.63, 3.8) is 0 Å². The van der Waals surface area contributed by atoms with Gasteiger partial charge in [-0.2, -0.15) is 5.10 Å². The molecule has 2 saturated heterocycles. The van der Waals surface area contributed by atoms with E-state index < -0.39 is 0 Å². The zero-order valence-electron chi connectivity index (χ0n) is 14.7. The molecule has 2 aliphatic heterocycles. The lowest BCUT2D eigenvalue weighted by molar-refractivity contribution is -0.0272. The number of aromatic amines is 1. The van der Waals surface area contributed by atoms with Crippen LogP contribution in [0.2, 0.25) is 0 Å². The second-order valence-electron chi connectivity index (χ2n) is 6.91. The predicted octanol–water partition coefficient (Wildman–Crippen LogP) is 1.70. The van der Waals surface area contributed by atoms with Crippen molar-refractivity contribution in [3.05, 3.63) is 35.8 Å². The molecular weight excluding hydrogens is 332 g/mol. The molecule has 0 saturated carbocycles. The summed E-state index contributed by atoms with van der Waals surface area (Å²) in [5.74, 6) is 0.879. The van der Waals surface area contributed by atoms with Gasteiger partial charge in [-0.15, -0.1) is 10.2 Å². The SMILES string of the molecule is O=C(NC[C@@H]1CCCO[C@H]1c1cn[nH]c1)c1ccc(N2CCCC2)nn1. The normalized spacial score (nSPS) is 23.2. The van der Waals surface area contributed by atoms with Crippen molar-refractivity contribution in [1.29, 1.82) is 0 Å². The van der Waals surface area contributed by atoms with Crippen LogP contribution in [0.15, 0.2) is 24.5 Å². The first kappa shape index (κ1) is 17.0. The summed E-state index contributed by atoms with van der Waals surface area (Å²) in [6, 6.07) is 3.63. The number of hydrogen-bond acceptors (Lipinski definition) is 6. The van der Waals surface area contributed by atoms with E-state index in [0.717, 1.165) is 43.9 Å². The van der Waals surface area contributed by atoms with Gasteiger partial charge in [0.2, 0.25) is 0 Å². The number of rotatable bonds is 5. The molecule has 8 heteroatoms. The first-order valence-electron chi connectivity index (χ1n) is 9.28. The Morgan fingerprint density at radius 1 is 1.27 bits per heavy atom. The molecule has 8 nitrogen and oxygen atoms in total. The molecule has 4 heterocycles. The average Bonchev–Trinajstić information content (AvgIpc) is 3.40. The second-order valence-corrected chi connectivity index (χ2v) is 6.91. The fourth-order valence-electron chi connectivity index (χ4n) is 3.71. The number of hydrogen-bond donors (Lipinski definition) is 2. The monoisotopic (exact) mass is 356 g/mol. The van der Waals surface area contributed by atoms with Gasteiger partial charge in [-0.1, -0.05) is 0 Å². The molecule has 1 amide bonds. The second kappa shape index (κ2) is 7.82. The zero-order valence-corrected chi connectivity index (χ0v) is 14.7. The van der Waals surface area contributed by atoms with Crippen LogP contribution in [0.25, 0.3) is 0 Å². The van der Waals surface area contributed by atoms with Gasteiger partial charge in [0.25, 0.3) is 5.91 Å². The Hall–Kier alpha value is -2.48. The molecule has 2 aromatic rings. The van der Waals surface area contributed by atoms with Gasteiger partial charge < -0.3 is 15.0 Å². The Bertz CT molecular complexity index is 712. The summed E-state index contributed by atoms with van der Waals surface area (Å²) in [5, 5.41) is 18.1. The lowest BCUT2D eigenvalue weighted by Crippen LogP contribution is -2.35. The minimum atomic E-state index is -0.193. The highest BCUT2D eigenvalue weighted by atomic mass is 16.5. The number of nitrogens with zero attached hydrogens (tertiary/aromatic N) is 4. The van der Waals surface area contributed by atoms with Crippen LogP contribution in [-0.2, 0) is 4.74 Å². The van der Waals surface area contributed by atoms with Gasteiger partial charge in [0.1, 0.15) is 0 Å². The van der Waals surface area contributed by atoms with E-state index >= 15 is 0 Å². The van der Waals surface area contributed by atoms with Crippen LogP contribution in [-0.4, -0.2) is 52.5 Å². The van der Waals surface area contributed by atoms with E-state index in [9.17, 15) is 4.79 Å². The number of anilines is 1. The van der Waals surface area contributed by atoms with Crippen molar-refractivity contribution < 1.29 is 9.53 Å². The van der Waals surface area contributed by atoms with Gasteiger partial charge in [-0.05, 0) is 37.8 Å². The quantitative estimate of drug-likeness (QED) is 0.846. The first-order valence-corrected chi connectivity index (χ1v) is 9.28. The Morgan fingerprint density at radius 2 is 2.15 bits per heavy atom. The molecule has 0 aliphatic carbocycles. The maximum Gasteiger partial charge on any atom is 0.271 e. The molecule has 0 spiro atoms. The van der Waals surface area contributed by atoms with Gasteiger partial charge in [0.15, 0.2) is 11.5 Å². The summed E-state index contributed by atoms with van der Waals surface area (Å²) in [4.78, 5) is 14.6. The first-order chi connectivity index (χ1) is 12.8. The number of amides is 1. The molecule has 2 aromatic heterocycles. The molecule has 0 unspecified atom stereocenters. The van der Waals surface area contributed by atoms with Crippen LogP contribution in [0.3, 0.4) is 0 Å². The molecular formula is C18H24N6O2. The maximum absolute atomic E-state index is 12.4. The maximum atomic E-state index is 12.4. The standard InChI is InChI=1S/C18H24N6O2/c25-18(15-5-6-16(23-22-15)24-7-1-2-8-24)19-10-13-4-3-9-26-17(13)14-11-20-21-12-14/h5-6,11-13,17H,1-4,7-10H2,(H,19,25)(H,20,21)/t13-,17+/m0/s1. The average molecular weight is 356 g/mol. The van der Waals surface area contributed by atoms with Gasteiger partial charge >= 0.3 is 0 Å². The number of H-pyrrole nitrogens is 1. The minimum Gasteiger partial charge on any atom is -0.373 e. The van der Waals surface area contributed by atoms with E-state index in [1.807, 2.05) is 12.3 Å². The molecule has 2 aliphatic rings. The largest absolute Gasteiger partial charge is 0.373 e. The fraction of sp³-hybridized carbons (Fsp3) is 0.556. The van der Waals surface area contributed by atoms with Crippen molar-refractivity contribution in [2.75, 3.05) is 31.1 Å². The van der Waals surface area contributed by atoms with Gasteiger partial charge in [-0.25, -0.2) is 0 Å². The highest BCUT2D eigenvalue weighted by molar-refractivity contribution is 5.92. The molecule has 4 rings (SSSR count). The Kier molecular flexibility index (Phi) is 5.10. The molecule has 0 radical (unpaired) electrons. The Balaban J connectivity index is 1.35. The van der Waals surface area contributed by atoms with E-state index in [-0.39, 0.29) is 17.9 Å². The molecule has 0 aromatic carbocycles. The van der Waals surface area contributed by atoms with Crippen molar-refractivity contribution in [3.8, 4) is 0 Å². The molecule has 138 valence electrons. The number of carbonyl (C=O) groups is 1. The molecule has 2 atom stereocenters. The zero-order chi connectivity index (χ0) is 17.8. The number of carbonyl (C=O) groups excluding carboxylic acids is 1. The lowest BCUT2D eigenvalue weighted by atomic mass is 9.91. The fourth-order valence-corrected chi connectivity index (χ4v) is 3.71. The summed E-state index contributed by atoms with van der Waals surface area (Å²) in [5.41, 5.74) is 1.38. The molecule has 2 N–H and O–H groups in total. The summed E-state index contributed by atoms with van der Waals surface area (Å²) in [6.45, 7) is 3.31. The van der Waals surface area contributed by atoms with Crippen LogP contribution in [0.4, 0.5) is 5.82 Å². The van der Waals surface area contributed by atoms with Gasteiger partial charge in [-0.3, -0.25) is 9.89 Å². The number of aromatic nitrogens is 4. The third kappa shape index (κ3) is 3.70. The van der Waals surface area contributed by atoms with E-state index in [1.54, 1.807) is 12.3 Å². The minimum absolute atomic E-state index is 0.0357. The Labute approximate surface area is 152 Å². The third-order valence-corrected chi connectivity index (χ3v) is 5.13. The smallest absolute Gasteiger partial charge is 0.271 e. The van der Waals surface area contributed by atoms with Gasteiger partial charge in [0, 0.05) is 43.9 Å². The van der Waals surface area contributed by atoms with E-state index in [4.69, 9.17) is 4.74 Å². The summed E-state index contributed by atoms with van der Waals surface area (Å²) in [6.07, 6.45) is 7.98. The van der Waals surface area contributed by atoms with Gasteiger partial charge in [0.05, 0.1) is 12.3 Å². The third-order valence-electron chi connectivity index (χ3n) is 5.13. The predicted molar refractivity (Wildman–Crippen MR) is 95.8 cm³/mol. The summed E-state index contributed by atoms with van der Waals surface area (Å²) in [7, 11) is 0. The molecule has 26 heavy (non-hydrogen) atoms. The van der Waals surface area contributed by atoms with Crippen LogP contribution in [0.5, 0.6) is 0 Å². The van der Waals surface area contributed by atoms with Crippen molar-refractivity contribution in [1.82, 2.24) is 25.7 Å². The lowest BCUT2D eigenvalue weighted by Gasteiger charge is -2.31. The number of nitrogens with one attached hydrogen (secondary N) is 2. The van der Waals surface area contributed by atoms with E-state index in [0.29, 0.717) is 12.2 Å². The van der Waals surface area contributed by atoms with Crippen LogP contribution in [0, 0.1) is 5.92 Å². The van der Waals surface area contributed by atoms with Crippen LogP contribution >= 0.6 is 0 Å². The molecule has 2 fully saturated rings. The van der Waals surface area contributed by atoms with Crippen molar-refractivity contribution in [2.24, 2.45) is 5.92 Å². The van der Waals surface area contributed by atoms with Crippen molar-refractivity contribution in [2.45, 2.75) is 31.8 Å². The van der Waals surface area contributed by atoms with E-state index in [2.05, 4.69) is 30.6 Å². The number of ether oxygens (including phenoxy) is 1. The topological polar surface area (TPSA) is 96.0 Å². The van der Waals surface area contributed by atoms with Crippen LogP contribution in [0.1, 0.15) is 47.8 Å².